The SMILES string of the molecule is O[C@H](CC/C=C1\O[C@H](COCc2ccccc2)[C@@H](OCc2ccccc2)[C@H](OCc2ccccc2)[C@H]1OCc1ccccc1)c1ccccc1. The molecule has 6 nitrogen and oxygen atoms in total. The molecule has 6 heteroatoms. The molecule has 258 valence electrons. The third kappa shape index (κ3) is 10.5. The molecule has 5 aromatic rings. The zero-order chi connectivity index (χ0) is 34.2. The summed E-state index contributed by atoms with van der Waals surface area (Å²) in [5, 5.41) is 11.0. The average Bonchev–Trinajstić information content (AvgIpc) is 3.18. The molecule has 0 unspecified atom stereocenters. The van der Waals surface area contributed by atoms with Gasteiger partial charge in [-0.05, 0) is 46.7 Å². The van der Waals surface area contributed by atoms with Gasteiger partial charge in [0.25, 0.3) is 0 Å². The van der Waals surface area contributed by atoms with Crippen molar-refractivity contribution in [3.63, 3.8) is 0 Å². The third-order valence-electron chi connectivity index (χ3n) is 8.76. The van der Waals surface area contributed by atoms with Gasteiger partial charge in [0.15, 0.2) is 6.10 Å². The van der Waals surface area contributed by atoms with E-state index < -0.39 is 30.5 Å². The van der Waals surface area contributed by atoms with Crippen LogP contribution in [0.5, 0.6) is 0 Å². The lowest BCUT2D eigenvalue weighted by Gasteiger charge is -2.43. The number of hydrogen-bond acceptors (Lipinski definition) is 6. The number of allylic oxidation sites excluding steroid dienone is 1. The van der Waals surface area contributed by atoms with Crippen molar-refractivity contribution in [1.29, 1.82) is 0 Å². The van der Waals surface area contributed by atoms with Crippen molar-refractivity contribution < 1.29 is 28.8 Å². The van der Waals surface area contributed by atoms with Gasteiger partial charge in [0.1, 0.15) is 24.1 Å². The summed E-state index contributed by atoms with van der Waals surface area (Å²) in [6.45, 7) is 1.85. The van der Waals surface area contributed by atoms with Gasteiger partial charge >= 0.3 is 0 Å². The van der Waals surface area contributed by atoms with Crippen molar-refractivity contribution in [2.24, 2.45) is 0 Å². The Morgan fingerprint density at radius 2 is 0.980 bits per heavy atom. The molecule has 1 saturated heterocycles. The molecule has 0 saturated carbocycles. The topological polar surface area (TPSA) is 66.4 Å². The summed E-state index contributed by atoms with van der Waals surface area (Å²) in [7, 11) is 0. The standard InChI is InChI=1S/C44H46O6/c45-39(38-25-14-5-15-26-38)27-16-28-40-42(47-30-35-19-8-2-9-20-35)44(49-32-37-23-12-4-13-24-37)43(48-31-36-21-10-3-11-22-36)41(50-40)33-46-29-34-17-6-1-7-18-34/h1-15,17-26,28,39,41-45H,16,27,29-33H2/b40-28-/t39-,41-,42+,43-,44-/m1/s1. The quantitative estimate of drug-likeness (QED) is 0.107. The van der Waals surface area contributed by atoms with Gasteiger partial charge < -0.3 is 28.8 Å². The molecule has 0 radical (unpaired) electrons. The van der Waals surface area contributed by atoms with E-state index in [1.165, 1.54) is 0 Å². The fourth-order valence-corrected chi connectivity index (χ4v) is 6.10. The van der Waals surface area contributed by atoms with Gasteiger partial charge in [-0.1, -0.05) is 152 Å². The Morgan fingerprint density at radius 3 is 1.50 bits per heavy atom. The van der Waals surface area contributed by atoms with E-state index in [0.717, 1.165) is 27.8 Å². The second kappa shape index (κ2) is 19.0. The van der Waals surface area contributed by atoms with Crippen LogP contribution in [0.1, 0.15) is 46.8 Å². The van der Waals surface area contributed by atoms with Crippen molar-refractivity contribution in [2.45, 2.75) is 69.8 Å². The highest BCUT2D eigenvalue weighted by Crippen LogP contribution is 2.34. The number of aliphatic hydroxyl groups excluding tert-OH is 1. The van der Waals surface area contributed by atoms with Crippen molar-refractivity contribution in [3.8, 4) is 0 Å². The van der Waals surface area contributed by atoms with E-state index in [2.05, 4.69) is 24.3 Å². The van der Waals surface area contributed by atoms with Crippen molar-refractivity contribution in [1.82, 2.24) is 0 Å². The first-order valence-electron chi connectivity index (χ1n) is 17.4. The summed E-state index contributed by atoms with van der Waals surface area (Å²) in [6.07, 6.45) is 0.463. The normalized spacial score (nSPS) is 20.3. The lowest BCUT2D eigenvalue weighted by molar-refractivity contribution is -0.223. The van der Waals surface area contributed by atoms with E-state index in [1.807, 2.05) is 133 Å². The van der Waals surface area contributed by atoms with Crippen molar-refractivity contribution >= 4 is 0 Å². The van der Waals surface area contributed by atoms with Crippen LogP contribution in [0, 0.1) is 0 Å². The molecule has 0 spiro atoms. The zero-order valence-corrected chi connectivity index (χ0v) is 28.3. The van der Waals surface area contributed by atoms with Gasteiger partial charge in [-0.3, -0.25) is 0 Å². The molecule has 0 amide bonds. The molecule has 5 atom stereocenters. The van der Waals surface area contributed by atoms with Gasteiger partial charge in [-0.15, -0.1) is 0 Å². The molecule has 1 aliphatic rings. The Balaban J connectivity index is 1.30. The number of aliphatic hydroxyl groups is 1. The summed E-state index contributed by atoms with van der Waals surface area (Å²) < 4.78 is 33.4. The highest BCUT2D eigenvalue weighted by Gasteiger charge is 2.46. The minimum Gasteiger partial charge on any atom is -0.487 e. The third-order valence-corrected chi connectivity index (χ3v) is 8.76. The van der Waals surface area contributed by atoms with Crippen LogP contribution in [0.2, 0.25) is 0 Å². The summed E-state index contributed by atoms with van der Waals surface area (Å²) in [5.74, 6) is 0.659. The molecular formula is C44H46O6. The predicted octanol–water partition coefficient (Wildman–Crippen LogP) is 8.76. The number of rotatable bonds is 17. The summed E-state index contributed by atoms with van der Waals surface area (Å²) >= 11 is 0. The Morgan fingerprint density at radius 1 is 0.540 bits per heavy atom. The second-order valence-electron chi connectivity index (χ2n) is 12.5. The lowest BCUT2D eigenvalue weighted by atomic mass is 9.95. The Hall–Kier alpha value is -4.56. The van der Waals surface area contributed by atoms with Crippen LogP contribution >= 0.6 is 0 Å². The molecule has 1 heterocycles. The Kier molecular flexibility index (Phi) is 13.4. The minimum atomic E-state index is -0.600. The van der Waals surface area contributed by atoms with Gasteiger partial charge in [0, 0.05) is 0 Å². The minimum absolute atomic E-state index is 0.287. The second-order valence-corrected chi connectivity index (χ2v) is 12.5. The highest BCUT2D eigenvalue weighted by molar-refractivity contribution is 5.20. The maximum absolute atomic E-state index is 11.0. The molecule has 0 aliphatic carbocycles. The molecule has 1 fully saturated rings. The fraction of sp³-hybridized carbons (Fsp3) is 0.273. The van der Waals surface area contributed by atoms with Crippen LogP contribution < -0.4 is 0 Å². The first-order chi connectivity index (χ1) is 24.7. The molecule has 5 aromatic carbocycles. The van der Waals surface area contributed by atoms with Crippen LogP contribution in [0.25, 0.3) is 0 Å². The summed E-state index contributed by atoms with van der Waals surface area (Å²) in [5.41, 5.74) is 5.12. The van der Waals surface area contributed by atoms with Gasteiger partial charge in [-0.2, -0.15) is 0 Å². The maximum Gasteiger partial charge on any atom is 0.150 e. The molecule has 6 rings (SSSR count). The monoisotopic (exact) mass is 670 g/mol. The van der Waals surface area contributed by atoms with Gasteiger partial charge in [0.2, 0.25) is 0 Å². The highest BCUT2D eigenvalue weighted by atomic mass is 16.6. The van der Waals surface area contributed by atoms with Gasteiger partial charge in [0.05, 0.1) is 39.1 Å². The Labute approximate surface area is 295 Å². The van der Waals surface area contributed by atoms with Crippen LogP contribution in [0.15, 0.2) is 163 Å². The van der Waals surface area contributed by atoms with Crippen LogP contribution in [-0.2, 0) is 50.1 Å². The molecule has 1 aliphatic heterocycles. The van der Waals surface area contributed by atoms with E-state index in [0.29, 0.717) is 45.0 Å². The van der Waals surface area contributed by atoms with E-state index in [9.17, 15) is 5.11 Å². The molecule has 0 aromatic heterocycles. The summed E-state index contributed by atoms with van der Waals surface area (Å²) in [4.78, 5) is 0. The van der Waals surface area contributed by atoms with Crippen molar-refractivity contribution in [2.75, 3.05) is 6.61 Å². The molecule has 0 bridgehead atoms. The molecular weight excluding hydrogens is 624 g/mol. The lowest BCUT2D eigenvalue weighted by Crippen LogP contribution is -2.56. The van der Waals surface area contributed by atoms with Crippen molar-refractivity contribution in [3.05, 3.63) is 191 Å². The van der Waals surface area contributed by atoms with Crippen LogP contribution in [0.4, 0.5) is 0 Å². The van der Waals surface area contributed by atoms with E-state index in [1.54, 1.807) is 0 Å². The predicted molar refractivity (Wildman–Crippen MR) is 195 cm³/mol. The fourth-order valence-electron chi connectivity index (χ4n) is 6.10. The first kappa shape index (κ1) is 35.3. The smallest absolute Gasteiger partial charge is 0.150 e. The van der Waals surface area contributed by atoms with E-state index >= 15 is 0 Å². The number of hydrogen-bond donors (Lipinski definition) is 1. The molecule has 50 heavy (non-hydrogen) atoms. The summed E-state index contributed by atoms with van der Waals surface area (Å²) in [6, 6.07) is 50.2. The van der Waals surface area contributed by atoms with Crippen LogP contribution in [-0.4, -0.2) is 36.1 Å². The van der Waals surface area contributed by atoms with Crippen LogP contribution in [0.3, 0.4) is 0 Å². The Bertz CT molecular complexity index is 1680. The zero-order valence-electron chi connectivity index (χ0n) is 28.3. The number of ether oxygens (including phenoxy) is 5. The average molecular weight is 671 g/mol. The number of benzene rings is 5. The maximum atomic E-state index is 11.0. The van der Waals surface area contributed by atoms with E-state index in [4.69, 9.17) is 23.7 Å². The first-order valence-corrected chi connectivity index (χ1v) is 17.4. The van der Waals surface area contributed by atoms with Gasteiger partial charge in [-0.25, -0.2) is 0 Å². The molecule has 1 N–H and O–H groups in total. The largest absolute Gasteiger partial charge is 0.487 e. The van der Waals surface area contributed by atoms with E-state index in [-0.39, 0.29) is 6.61 Å².